The van der Waals surface area contributed by atoms with Gasteiger partial charge >= 0.3 is 5.97 Å². The average molecular weight is 280 g/mol. The van der Waals surface area contributed by atoms with Crippen molar-refractivity contribution in [2.75, 3.05) is 0 Å². The van der Waals surface area contributed by atoms with Crippen molar-refractivity contribution in [1.29, 1.82) is 0 Å². The van der Waals surface area contributed by atoms with Crippen LogP contribution in [0, 0.1) is 35.3 Å². The minimum Gasteiger partial charge on any atom is -0.481 e. The second-order valence-corrected chi connectivity index (χ2v) is 6.08. The number of hydrogen-bond donors (Lipinski definition) is 1. The van der Waals surface area contributed by atoms with Gasteiger partial charge in [-0.25, -0.2) is 0 Å². The third-order valence-corrected chi connectivity index (χ3v) is 3.50. The first-order valence-electron chi connectivity index (χ1n) is 6.38. The zero-order chi connectivity index (χ0) is 15.7. The molecule has 1 aromatic rings. The van der Waals surface area contributed by atoms with Crippen LogP contribution < -0.4 is 0 Å². The van der Waals surface area contributed by atoms with E-state index in [1.807, 2.05) is 20.8 Å². The lowest BCUT2D eigenvalue weighted by Crippen LogP contribution is -2.31. The largest absolute Gasteiger partial charge is 0.481 e. The predicted octanol–water partition coefficient (Wildman–Crippen LogP) is 2.90. The van der Waals surface area contributed by atoms with Gasteiger partial charge in [-0.2, -0.15) is 0 Å². The number of aromatic nitrogens is 1. The van der Waals surface area contributed by atoms with Gasteiger partial charge in [-0.15, -0.1) is 0 Å². The molecule has 0 bridgehead atoms. The van der Waals surface area contributed by atoms with Crippen LogP contribution in [0.4, 0.5) is 5.69 Å². The lowest BCUT2D eigenvalue weighted by Gasteiger charge is -2.27. The Hall–Kier alpha value is -1.98. The van der Waals surface area contributed by atoms with Gasteiger partial charge in [0.05, 0.1) is 16.5 Å². The lowest BCUT2D eigenvalue weighted by molar-refractivity contribution is -0.386. The number of nitro groups is 1. The highest BCUT2D eigenvalue weighted by Gasteiger charge is 2.33. The quantitative estimate of drug-likeness (QED) is 0.676. The number of hydrogen-bond acceptors (Lipinski definition) is 4. The van der Waals surface area contributed by atoms with Gasteiger partial charge in [0.25, 0.3) is 5.69 Å². The number of aliphatic carboxylic acids is 1. The van der Waals surface area contributed by atoms with Crippen LogP contribution in [0.15, 0.2) is 6.20 Å². The van der Waals surface area contributed by atoms with Crippen LogP contribution >= 0.6 is 0 Å². The third-order valence-electron chi connectivity index (χ3n) is 3.50. The maximum atomic E-state index is 11.4. The van der Waals surface area contributed by atoms with Gasteiger partial charge < -0.3 is 5.11 Å². The SMILES string of the molecule is Cc1cnc(CC(C(=O)O)C(C)(C)C)c(C)c1[N+](=O)[O-]. The Bertz CT molecular complexity index is 547. The first kappa shape index (κ1) is 16.1. The minimum absolute atomic E-state index is 0.0213. The summed E-state index contributed by atoms with van der Waals surface area (Å²) in [5, 5.41) is 20.4. The van der Waals surface area contributed by atoms with Crippen molar-refractivity contribution in [3.05, 3.63) is 33.1 Å². The molecule has 1 heterocycles. The molecule has 6 nitrogen and oxygen atoms in total. The Morgan fingerprint density at radius 1 is 1.45 bits per heavy atom. The second kappa shape index (κ2) is 5.56. The summed E-state index contributed by atoms with van der Waals surface area (Å²) in [7, 11) is 0. The smallest absolute Gasteiger partial charge is 0.307 e. The Kier molecular flexibility index (Phi) is 4.47. The van der Waals surface area contributed by atoms with Gasteiger partial charge in [-0.1, -0.05) is 20.8 Å². The van der Waals surface area contributed by atoms with Gasteiger partial charge in [0.1, 0.15) is 0 Å². The van der Waals surface area contributed by atoms with E-state index in [1.165, 1.54) is 6.20 Å². The fourth-order valence-electron chi connectivity index (χ4n) is 2.21. The zero-order valence-electron chi connectivity index (χ0n) is 12.4. The summed E-state index contributed by atoms with van der Waals surface area (Å²) < 4.78 is 0. The van der Waals surface area contributed by atoms with Gasteiger partial charge in [-0.3, -0.25) is 19.9 Å². The lowest BCUT2D eigenvalue weighted by atomic mass is 9.77. The molecule has 110 valence electrons. The van der Waals surface area contributed by atoms with Gasteiger partial charge in [0, 0.05) is 23.7 Å². The van der Waals surface area contributed by atoms with Gasteiger partial charge in [0.2, 0.25) is 0 Å². The molecule has 0 spiro atoms. The molecule has 0 radical (unpaired) electrons. The molecule has 0 saturated heterocycles. The fraction of sp³-hybridized carbons (Fsp3) is 0.571. The maximum absolute atomic E-state index is 11.4. The van der Waals surface area contributed by atoms with Crippen molar-refractivity contribution in [1.82, 2.24) is 4.98 Å². The molecule has 1 rings (SSSR count). The molecular formula is C14H20N2O4. The summed E-state index contributed by atoms with van der Waals surface area (Å²) in [4.78, 5) is 26.2. The third kappa shape index (κ3) is 3.31. The number of pyridine rings is 1. The molecule has 0 saturated carbocycles. The van der Waals surface area contributed by atoms with Crippen LogP contribution in [0.5, 0.6) is 0 Å². The van der Waals surface area contributed by atoms with Gasteiger partial charge in [-0.05, 0) is 19.3 Å². The number of rotatable bonds is 4. The molecule has 0 aliphatic rings. The van der Waals surface area contributed by atoms with Crippen LogP contribution in [0.2, 0.25) is 0 Å². The molecule has 6 heteroatoms. The van der Waals surface area contributed by atoms with E-state index in [9.17, 15) is 20.0 Å². The summed E-state index contributed by atoms with van der Waals surface area (Å²) in [6.45, 7) is 8.76. The zero-order valence-corrected chi connectivity index (χ0v) is 12.4. The number of aryl methyl sites for hydroxylation is 1. The van der Waals surface area contributed by atoms with E-state index in [1.54, 1.807) is 13.8 Å². The van der Waals surface area contributed by atoms with Crippen LogP contribution in [0.25, 0.3) is 0 Å². The Balaban J connectivity index is 3.25. The summed E-state index contributed by atoms with van der Waals surface area (Å²) in [5.74, 6) is -1.56. The van der Waals surface area contributed by atoms with Crippen molar-refractivity contribution < 1.29 is 14.8 Å². The van der Waals surface area contributed by atoms with Crippen molar-refractivity contribution in [3.8, 4) is 0 Å². The van der Waals surface area contributed by atoms with Crippen molar-refractivity contribution in [3.63, 3.8) is 0 Å². The Morgan fingerprint density at radius 2 is 2.00 bits per heavy atom. The summed E-state index contributed by atoms with van der Waals surface area (Å²) >= 11 is 0. The molecule has 0 aromatic carbocycles. The van der Waals surface area contributed by atoms with Crippen LogP contribution in [-0.4, -0.2) is 21.0 Å². The minimum atomic E-state index is -0.915. The Morgan fingerprint density at radius 3 is 2.40 bits per heavy atom. The van der Waals surface area contributed by atoms with E-state index in [-0.39, 0.29) is 12.1 Å². The number of nitrogens with zero attached hydrogens (tertiary/aromatic N) is 2. The van der Waals surface area contributed by atoms with E-state index in [0.717, 1.165) is 0 Å². The Labute approximate surface area is 118 Å². The molecule has 1 aromatic heterocycles. The van der Waals surface area contributed by atoms with Crippen LogP contribution in [0.3, 0.4) is 0 Å². The molecule has 0 aliphatic carbocycles. The average Bonchev–Trinajstić information content (AvgIpc) is 2.25. The van der Waals surface area contributed by atoms with Gasteiger partial charge in [0.15, 0.2) is 0 Å². The number of carbonyl (C=O) groups is 1. The van der Waals surface area contributed by atoms with E-state index in [4.69, 9.17) is 0 Å². The highest BCUT2D eigenvalue weighted by molar-refractivity contribution is 5.71. The predicted molar refractivity (Wildman–Crippen MR) is 74.7 cm³/mol. The van der Waals surface area contributed by atoms with E-state index >= 15 is 0 Å². The van der Waals surface area contributed by atoms with Crippen molar-refractivity contribution in [2.24, 2.45) is 11.3 Å². The topological polar surface area (TPSA) is 93.3 Å². The standard InChI is InChI=1S/C14H20N2O4/c1-8-7-15-11(9(2)12(8)16(19)20)6-10(13(17)18)14(3,4)5/h7,10H,6H2,1-5H3,(H,17,18). The first-order chi connectivity index (χ1) is 9.05. The van der Waals surface area contributed by atoms with Crippen LogP contribution in [0.1, 0.15) is 37.6 Å². The summed E-state index contributed by atoms with van der Waals surface area (Å²) in [6.07, 6.45) is 1.62. The van der Waals surface area contributed by atoms with E-state index in [0.29, 0.717) is 16.8 Å². The van der Waals surface area contributed by atoms with Crippen molar-refractivity contribution >= 4 is 11.7 Å². The fourth-order valence-corrected chi connectivity index (χ4v) is 2.21. The molecular weight excluding hydrogens is 260 g/mol. The monoisotopic (exact) mass is 280 g/mol. The maximum Gasteiger partial charge on any atom is 0.307 e. The van der Waals surface area contributed by atoms with E-state index in [2.05, 4.69) is 4.98 Å². The molecule has 1 atom stereocenters. The van der Waals surface area contributed by atoms with E-state index < -0.39 is 22.2 Å². The highest BCUT2D eigenvalue weighted by Crippen LogP contribution is 2.32. The molecule has 0 fully saturated rings. The first-order valence-corrected chi connectivity index (χ1v) is 6.38. The number of carboxylic acid groups (broad SMARTS) is 1. The molecule has 20 heavy (non-hydrogen) atoms. The molecule has 0 aliphatic heterocycles. The second-order valence-electron chi connectivity index (χ2n) is 6.08. The number of carboxylic acids is 1. The molecule has 1 N–H and O–H groups in total. The van der Waals surface area contributed by atoms with Crippen LogP contribution in [-0.2, 0) is 11.2 Å². The normalized spacial score (nSPS) is 13.1. The summed E-state index contributed by atoms with van der Waals surface area (Å²) in [5.41, 5.74) is 0.988. The molecule has 0 amide bonds. The van der Waals surface area contributed by atoms with Crippen molar-refractivity contribution in [2.45, 2.75) is 41.0 Å². The summed E-state index contributed by atoms with van der Waals surface area (Å²) in [6, 6.07) is 0. The highest BCUT2D eigenvalue weighted by atomic mass is 16.6. The molecule has 1 unspecified atom stereocenters.